The molecule has 1 aromatic rings. The van der Waals surface area contributed by atoms with Crippen molar-refractivity contribution in [1.29, 1.82) is 0 Å². The maximum absolute atomic E-state index is 5.94. The SMILES string of the molecule is CN(C)CCN1CC(C)(C)Oc2cccnc21.Cl.Cl.Cl. The zero-order valence-corrected chi connectivity index (χ0v) is 14.8. The van der Waals surface area contributed by atoms with E-state index in [1.165, 1.54) is 0 Å². The third-order valence-electron chi connectivity index (χ3n) is 2.83. The predicted octanol–water partition coefficient (Wildman–Crippen LogP) is 2.89. The van der Waals surface area contributed by atoms with E-state index in [0.717, 1.165) is 31.2 Å². The summed E-state index contributed by atoms with van der Waals surface area (Å²) in [7, 11) is 4.18. The molecule has 2 heterocycles. The van der Waals surface area contributed by atoms with E-state index in [2.05, 4.69) is 42.7 Å². The van der Waals surface area contributed by atoms with Crippen LogP contribution in [-0.4, -0.2) is 49.2 Å². The summed E-state index contributed by atoms with van der Waals surface area (Å²) in [6, 6.07) is 3.91. The monoisotopic (exact) mass is 343 g/mol. The van der Waals surface area contributed by atoms with Crippen LogP contribution in [0.5, 0.6) is 5.75 Å². The first-order chi connectivity index (χ1) is 7.98. The molecule has 0 saturated carbocycles. The van der Waals surface area contributed by atoms with Gasteiger partial charge in [-0.25, -0.2) is 4.98 Å². The van der Waals surface area contributed by atoms with E-state index in [0.29, 0.717) is 0 Å². The highest BCUT2D eigenvalue weighted by Gasteiger charge is 2.32. The Hall–Kier alpha value is -0.420. The first kappa shape index (κ1) is 21.9. The molecule has 0 bridgehead atoms. The summed E-state index contributed by atoms with van der Waals surface area (Å²) >= 11 is 0. The van der Waals surface area contributed by atoms with E-state index in [4.69, 9.17) is 4.74 Å². The van der Waals surface area contributed by atoms with Gasteiger partial charge < -0.3 is 14.5 Å². The summed E-state index contributed by atoms with van der Waals surface area (Å²) < 4.78 is 5.94. The number of anilines is 1. The Balaban J connectivity index is 0. The van der Waals surface area contributed by atoms with E-state index in [9.17, 15) is 0 Å². The lowest BCUT2D eigenvalue weighted by atomic mass is 10.1. The van der Waals surface area contributed by atoms with Gasteiger partial charge in [-0.1, -0.05) is 0 Å². The zero-order valence-electron chi connectivity index (χ0n) is 12.3. The van der Waals surface area contributed by atoms with Crippen molar-refractivity contribution in [2.45, 2.75) is 19.4 Å². The van der Waals surface area contributed by atoms with Crippen LogP contribution >= 0.6 is 37.2 Å². The van der Waals surface area contributed by atoms with Gasteiger partial charge in [-0.05, 0) is 40.1 Å². The molecule has 0 unspecified atom stereocenters. The number of hydrogen-bond donors (Lipinski definition) is 0. The fourth-order valence-corrected chi connectivity index (χ4v) is 2.07. The molecular formula is C13H24Cl3N3O. The Morgan fingerprint density at radius 2 is 1.95 bits per heavy atom. The number of ether oxygens (including phenoxy) is 1. The minimum atomic E-state index is -0.150. The van der Waals surface area contributed by atoms with Gasteiger partial charge >= 0.3 is 0 Å². The van der Waals surface area contributed by atoms with Crippen molar-refractivity contribution in [2.24, 2.45) is 0 Å². The normalized spacial score (nSPS) is 15.2. The fraction of sp³-hybridized carbons (Fsp3) is 0.615. The van der Waals surface area contributed by atoms with Gasteiger partial charge in [-0.15, -0.1) is 37.2 Å². The maximum Gasteiger partial charge on any atom is 0.171 e. The van der Waals surface area contributed by atoms with Crippen molar-refractivity contribution in [3.8, 4) is 5.75 Å². The topological polar surface area (TPSA) is 28.6 Å². The Labute approximate surface area is 140 Å². The van der Waals surface area contributed by atoms with Gasteiger partial charge in [0.1, 0.15) is 5.60 Å². The molecule has 20 heavy (non-hydrogen) atoms. The molecular weight excluding hydrogens is 321 g/mol. The molecule has 0 aliphatic carbocycles. The van der Waals surface area contributed by atoms with Crippen LogP contribution in [0.1, 0.15) is 13.8 Å². The Kier molecular flexibility index (Phi) is 9.60. The van der Waals surface area contributed by atoms with E-state index in [1.54, 1.807) is 0 Å². The molecule has 4 nitrogen and oxygen atoms in total. The number of aromatic nitrogens is 1. The third-order valence-corrected chi connectivity index (χ3v) is 2.83. The van der Waals surface area contributed by atoms with Crippen LogP contribution in [0.15, 0.2) is 18.3 Å². The number of hydrogen-bond acceptors (Lipinski definition) is 4. The first-order valence-electron chi connectivity index (χ1n) is 6.02. The summed E-state index contributed by atoms with van der Waals surface area (Å²) in [6.07, 6.45) is 1.82. The zero-order chi connectivity index (χ0) is 12.5. The Morgan fingerprint density at radius 3 is 2.55 bits per heavy atom. The number of fused-ring (bicyclic) bond motifs is 1. The molecule has 1 aliphatic heterocycles. The molecule has 1 aromatic heterocycles. The summed E-state index contributed by atoms with van der Waals surface area (Å²) in [5.41, 5.74) is -0.150. The van der Waals surface area contributed by atoms with Gasteiger partial charge in [0, 0.05) is 19.3 Å². The molecule has 2 rings (SSSR count). The van der Waals surface area contributed by atoms with E-state index in [-0.39, 0.29) is 42.8 Å². The van der Waals surface area contributed by atoms with Gasteiger partial charge in [0.15, 0.2) is 11.6 Å². The first-order valence-corrected chi connectivity index (χ1v) is 6.02. The molecule has 7 heteroatoms. The van der Waals surface area contributed by atoms with Gasteiger partial charge in [-0.3, -0.25) is 0 Å². The second-order valence-corrected chi connectivity index (χ2v) is 5.41. The largest absolute Gasteiger partial charge is 0.482 e. The second kappa shape index (κ2) is 8.78. The van der Waals surface area contributed by atoms with Crippen molar-refractivity contribution >= 4 is 43.0 Å². The van der Waals surface area contributed by atoms with Gasteiger partial charge in [-0.2, -0.15) is 0 Å². The molecule has 0 spiro atoms. The lowest BCUT2D eigenvalue weighted by molar-refractivity contribution is 0.103. The summed E-state index contributed by atoms with van der Waals surface area (Å²) in [4.78, 5) is 8.92. The van der Waals surface area contributed by atoms with E-state index in [1.807, 2.05) is 18.3 Å². The van der Waals surface area contributed by atoms with Crippen molar-refractivity contribution in [2.75, 3.05) is 38.6 Å². The molecule has 0 aromatic carbocycles. The van der Waals surface area contributed by atoms with Crippen molar-refractivity contribution < 1.29 is 4.74 Å². The quantitative estimate of drug-likeness (QED) is 0.843. The van der Waals surface area contributed by atoms with Crippen molar-refractivity contribution in [1.82, 2.24) is 9.88 Å². The summed E-state index contributed by atoms with van der Waals surface area (Å²) in [6.45, 7) is 7.11. The summed E-state index contributed by atoms with van der Waals surface area (Å²) in [5, 5.41) is 0. The van der Waals surface area contributed by atoms with E-state index >= 15 is 0 Å². The molecule has 1 aliphatic rings. The standard InChI is InChI=1S/C13H21N3O.3ClH/c1-13(2)10-16(9-8-15(3)4)12-11(17-13)6-5-7-14-12;;;/h5-7H,8-10H2,1-4H3;3*1H. The predicted molar refractivity (Wildman–Crippen MR) is 91.5 cm³/mol. The van der Waals surface area contributed by atoms with Crippen molar-refractivity contribution in [3.05, 3.63) is 18.3 Å². The highest BCUT2D eigenvalue weighted by molar-refractivity contribution is 5.86. The number of likely N-dealkylation sites (N-methyl/N-ethyl adjacent to an activating group) is 1. The van der Waals surface area contributed by atoms with Crippen LogP contribution in [0.25, 0.3) is 0 Å². The number of nitrogens with zero attached hydrogens (tertiary/aromatic N) is 3. The number of pyridine rings is 1. The van der Waals surface area contributed by atoms with Crippen LogP contribution in [-0.2, 0) is 0 Å². The second-order valence-electron chi connectivity index (χ2n) is 5.41. The molecule has 0 N–H and O–H groups in total. The Morgan fingerprint density at radius 1 is 1.30 bits per heavy atom. The average molecular weight is 345 g/mol. The molecule has 0 amide bonds. The highest BCUT2D eigenvalue weighted by atomic mass is 35.5. The van der Waals surface area contributed by atoms with Crippen LogP contribution < -0.4 is 9.64 Å². The fourth-order valence-electron chi connectivity index (χ4n) is 2.07. The minimum Gasteiger partial charge on any atom is -0.482 e. The molecule has 0 radical (unpaired) electrons. The summed E-state index contributed by atoms with van der Waals surface area (Å²) in [5.74, 6) is 1.86. The van der Waals surface area contributed by atoms with Crippen LogP contribution in [0.2, 0.25) is 0 Å². The molecule has 0 saturated heterocycles. The molecule has 0 atom stereocenters. The van der Waals surface area contributed by atoms with Gasteiger partial charge in [0.2, 0.25) is 0 Å². The minimum absolute atomic E-state index is 0. The van der Waals surface area contributed by atoms with Gasteiger partial charge in [0.25, 0.3) is 0 Å². The van der Waals surface area contributed by atoms with Crippen LogP contribution in [0, 0.1) is 0 Å². The molecule has 0 fully saturated rings. The Bertz CT molecular complexity index is 402. The maximum atomic E-state index is 5.94. The lowest BCUT2D eigenvalue weighted by Crippen LogP contribution is -2.49. The van der Waals surface area contributed by atoms with Crippen LogP contribution in [0.4, 0.5) is 5.82 Å². The van der Waals surface area contributed by atoms with Gasteiger partial charge in [0.05, 0.1) is 6.54 Å². The smallest absolute Gasteiger partial charge is 0.171 e. The highest BCUT2D eigenvalue weighted by Crippen LogP contribution is 2.34. The number of halogens is 3. The number of rotatable bonds is 3. The van der Waals surface area contributed by atoms with Crippen LogP contribution in [0.3, 0.4) is 0 Å². The van der Waals surface area contributed by atoms with E-state index < -0.39 is 0 Å². The third kappa shape index (κ3) is 5.52. The molecule has 118 valence electrons. The van der Waals surface area contributed by atoms with Crippen molar-refractivity contribution in [3.63, 3.8) is 0 Å². The lowest BCUT2D eigenvalue weighted by Gasteiger charge is -2.40. The average Bonchev–Trinajstić information content (AvgIpc) is 2.24.